The number of halogens is 2. The largest absolute Gasteiger partial charge is 0.376 e. The van der Waals surface area contributed by atoms with Gasteiger partial charge in [-0.05, 0) is 79.7 Å². The molecule has 0 bridgehead atoms. The van der Waals surface area contributed by atoms with E-state index in [1.165, 1.54) is 24.3 Å². The first-order valence-corrected chi connectivity index (χ1v) is 11.1. The Hall–Kier alpha value is -3.79. The van der Waals surface area contributed by atoms with E-state index in [0.29, 0.717) is 42.0 Å². The Balaban J connectivity index is 1.74. The zero-order valence-electron chi connectivity index (χ0n) is 18.1. The van der Waals surface area contributed by atoms with Gasteiger partial charge in [-0.1, -0.05) is 0 Å². The topological polar surface area (TPSA) is 108 Å². The predicted octanol–water partition coefficient (Wildman–Crippen LogP) is 3.08. The molecule has 0 aromatic heterocycles. The SMILES string of the molecule is NC(=S)NCCCC1(Nc2ccc(F)cc2)CC2=C(C=C1Nc1ccc(F)cc1)C(=O)NC2=O. The Bertz CT molecular complexity index is 1190. The zero-order chi connectivity index (χ0) is 24.3. The molecule has 2 amide bonds. The minimum atomic E-state index is -0.870. The van der Waals surface area contributed by atoms with Crippen LogP contribution in [0, 0.1) is 11.6 Å². The van der Waals surface area contributed by atoms with Crippen LogP contribution >= 0.6 is 12.2 Å². The van der Waals surface area contributed by atoms with E-state index in [9.17, 15) is 18.4 Å². The lowest BCUT2D eigenvalue weighted by molar-refractivity contribution is -0.124. The molecule has 1 atom stereocenters. The summed E-state index contributed by atoms with van der Waals surface area (Å²) in [4.78, 5) is 24.9. The number of nitrogens with one attached hydrogen (secondary N) is 4. The van der Waals surface area contributed by atoms with Crippen LogP contribution in [0.5, 0.6) is 0 Å². The Kier molecular flexibility index (Phi) is 6.60. The summed E-state index contributed by atoms with van der Waals surface area (Å²) < 4.78 is 27.0. The lowest BCUT2D eigenvalue weighted by atomic mass is 9.77. The van der Waals surface area contributed by atoms with Crippen LogP contribution in [0.25, 0.3) is 0 Å². The average molecular weight is 484 g/mol. The van der Waals surface area contributed by atoms with Gasteiger partial charge in [-0.15, -0.1) is 0 Å². The molecule has 1 heterocycles. The van der Waals surface area contributed by atoms with E-state index in [4.69, 9.17) is 18.0 Å². The summed E-state index contributed by atoms with van der Waals surface area (Å²) in [5.41, 5.74) is 7.17. The van der Waals surface area contributed by atoms with Crippen LogP contribution in [0.2, 0.25) is 0 Å². The van der Waals surface area contributed by atoms with Gasteiger partial charge in [0.15, 0.2) is 5.11 Å². The number of carbonyl (C=O) groups excluding carboxylic acids is 2. The van der Waals surface area contributed by atoms with Crippen molar-refractivity contribution in [1.29, 1.82) is 0 Å². The molecule has 34 heavy (non-hydrogen) atoms. The molecule has 1 aliphatic heterocycles. The maximum Gasteiger partial charge on any atom is 0.258 e. The molecule has 0 fully saturated rings. The Labute approximate surface area is 200 Å². The molecule has 176 valence electrons. The molecule has 0 saturated carbocycles. The molecule has 2 aliphatic rings. The van der Waals surface area contributed by atoms with Crippen LogP contribution in [0.3, 0.4) is 0 Å². The summed E-state index contributed by atoms with van der Waals surface area (Å²) in [6, 6.07) is 11.7. The lowest BCUT2D eigenvalue weighted by Crippen LogP contribution is -2.46. The second kappa shape index (κ2) is 9.60. The number of hydrogen-bond donors (Lipinski definition) is 5. The van der Waals surface area contributed by atoms with E-state index in [1.807, 2.05) is 0 Å². The minimum absolute atomic E-state index is 0.176. The van der Waals surface area contributed by atoms with Crippen LogP contribution < -0.4 is 27.0 Å². The van der Waals surface area contributed by atoms with Gasteiger partial charge in [-0.3, -0.25) is 14.9 Å². The monoisotopic (exact) mass is 483 g/mol. The number of nitrogens with two attached hydrogens (primary N) is 1. The molecule has 1 unspecified atom stereocenters. The number of rotatable bonds is 8. The van der Waals surface area contributed by atoms with Gasteiger partial charge in [0.25, 0.3) is 11.8 Å². The first-order chi connectivity index (χ1) is 16.3. The maximum atomic E-state index is 13.5. The highest BCUT2D eigenvalue weighted by Gasteiger charge is 2.44. The number of anilines is 2. The van der Waals surface area contributed by atoms with Crippen LogP contribution in [0.4, 0.5) is 20.2 Å². The second-order valence-electron chi connectivity index (χ2n) is 8.15. The Morgan fingerprint density at radius 3 is 2.24 bits per heavy atom. The smallest absolute Gasteiger partial charge is 0.258 e. The fourth-order valence-electron chi connectivity index (χ4n) is 4.17. The fourth-order valence-corrected chi connectivity index (χ4v) is 4.27. The number of hydrogen-bond acceptors (Lipinski definition) is 5. The highest BCUT2D eigenvalue weighted by atomic mass is 32.1. The molecular formula is C24H23F2N5O2S. The first kappa shape index (κ1) is 23.4. The van der Waals surface area contributed by atoms with E-state index in [0.717, 1.165) is 0 Å². The fraction of sp³-hybridized carbons (Fsp3) is 0.208. The van der Waals surface area contributed by atoms with Gasteiger partial charge in [-0.2, -0.15) is 0 Å². The van der Waals surface area contributed by atoms with E-state index < -0.39 is 17.4 Å². The van der Waals surface area contributed by atoms with Gasteiger partial charge in [-0.25, -0.2) is 8.78 Å². The van der Waals surface area contributed by atoms with Crippen LogP contribution in [-0.2, 0) is 9.59 Å². The highest BCUT2D eigenvalue weighted by Crippen LogP contribution is 2.41. The van der Waals surface area contributed by atoms with Crippen molar-refractivity contribution in [2.45, 2.75) is 24.8 Å². The Morgan fingerprint density at radius 2 is 1.62 bits per heavy atom. The van der Waals surface area contributed by atoms with E-state index in [1.54, 1.807) is 30.3 Å². The van der Waals surface area contributed by atoms with Crippen molar-refractivity contribution in [3.63, 3.8) is 0 Å². The Morgan fingerprint density at radius 1 is 1.00 bits per heavy atom. The molecule has 10 heteroatoms. The van der Waals surface area contributed by atoms with Gasteiger partial charge in [0, 0.05) is 35.6 Å². The summed E-state index contributed by atoms with van der Waals surface area (Å²) in [5, 5.41) is 12.2. The third kappa shape index (κ3) is 5.07. The van der Waals surface area contributed by atoms with Crippen molar-refractivity contribution < 1.29 is 18.4 Å². The van der Waals surface area contributed by atoms with E-state index in [2.05, 4.69) is 21.3 Å². The third-order valence-electron chi connectivity index (χ3n) is 5.78. The number of carbonyl (C=O) groups is 2. The molecule has 0 radical (unpaired) electrons. The summed E-state index contributed by atoms with van der Waals surface area (Å²) in [6.07, 6.45) is 2.94. The van der Waals surface area contributed by atoms with Gasteiger partial charge in [0.05, 0.1) is 11.1 Å². The van der Waals surface area contributed by atoms with Crippen molar-refractivity contribution in [3.8, 4) is 0 Å². The van der Waals surface area contributed by atoms with Crippen molar-refractivity contribution in [1.82, 2.24) is 10.6 Å². The average Bonchev–Trinajstić information content (AvgIpc) is 3.07. The maximum absolute atomic E-state index is 13.5. The number of amides is 2. The molecular weight excluding hydrogens is 460 g/mol. The number of imide groups is 1. The summed E-state index contributed by atoms with van der Waals surface area (Å²) in [6.45, 7) is 0.489. The summed E-state index contributed by atoms with van der Waals surface area (Å²) >= 11 is 4.88. The molecule has 6 N–H and O–H groups in total. The number of thiocarbonyl (C=S) groups is 1. The molecule has 2 aromatic rings. The second-order valence-corrected chi connectivity index (χ2v) is 8.59. The van der Waals surface area contributed by atoms with Gasteiger partial charge >= 0.3 is 0 Å². The van der Waals surface area contributed by atoms with Gasteiger partial charge < -0.3 is 21.7 Å². The first-order valence-electron chi connectivity index (χ1n) is 10.7. The van der Waals surface area contributed by atoms with Crippen LogP contribution in [-0.4, -0.2) is 29.0 Å². The molecule has 2 aromatic carbocycles. The summed E-state index contributed by atoms with van der Waals surface area (Å²) in [5.74, 6) is -1.67. The quantitative estimate of drug-likeness (QED) is 0.223. The van der Waals surface area contributed by atoms with Gasteiger partial charge in [0.1, 0.15) is 11.6 Å². The van der Waals surface area contributed by atoms with Crippen LogP contribution in [0.15, 0.2) is 71.5 Å². The lowest BCUT2D eigenvalue weighted by Gasteiger charge is -2.41. The van der Waals surface area contributed by atoms with Crippen molar-refractivity contribution in [3.05, 3.63) is 83.1 Å². The predicted molar refractivity (Wildman–Crippen MR) is 130 cm³/mol. The molecule has 1 aliphatic carbocycles. The molecule has 7 nitrogen and oxygen atoms in total. The molecule has 4 rings (SSSR count). The highest BCUT2D eigenvalue weighted by molar-refractivity contribution is 7.80. The zero-order valence-corrected chi connectivity index (χ0v) is 18.9. The third-order valence-corrected chi connectivity index (χ3v) is 5.93. The summed E-state index contributed by atoms with van der Waals surface area (Å²) in [7, 11) is 0. The molecule has 0 saturated heterocycles. The molecule has 0 spiro atoms. The standard InChI is InChI=1S/C24H23F2N5O2S/c25-14-2-6-16(7-3-14)29-20-12-18-19(22(33)30-21(18)32)13-24(20,10-1-11-28-23(27)34)31-17-8-4-15(26)5-9-17/h2-9,12,29,31H,1,10-11,13H2,(H3,27,28,34)(H,30,32,33). The van der Waals surface area contributed by atoms with Crippen molar-refractivity contribution >= 4 is 40.5 Å². The minimum Gasteiger partial charge on any atom is -0.376 e. The van der Waals surface area contributed by atoms with Crippen LogP contribution in [0.1, 0.15) is 19.3 Å². The van der Waals surface area contributed by atoms with Crippen molar-refractivity contribution in [2.24, 2.45) is 5.73 Å². The number of benzene rings is 2. The normalized spacial score (nSPS) is 19.3. The van der Waals surface area contributed by atoms with Gasteiger partial charge in [0.2, 0.25) is 0 Å². The van der Waals surface area contributed by atoms with E-state index >= 15 is 0 Å². The van der Waals surface area contributed by atoms with Crippen molar-refractivity contribution in [2.75, 3.05) is 17.2 Å². The van der Waals surface area contributed by atoms with E-state index in [-0.39, 0.29) is 28.7 Å².